The molecule has 2 aromatic carbocycles. The van der Waals surface area contributed by atoms with Gasteiger partial charge in [-0.1, -0.05) is 40.6 Å². The zero-order valence-corrected chi connectivity index (χ0v) is 19.5. The number of benzene rings is 2. The molecule has 164 valence electrons. The second-order valence-electron chi connectivity index (χ2n) is 7.10. The van der Waals surface area contributed by atoms with Crippen LogP contribution in [0.1, 0.15) is 17.3 Å². The summed E-state index contributed by atoms with van der Waals surface area (Å²) in [5, 5.41) is 1.47. The molecule has 0 bridgehead atoms. The van der Waals surface area contributed by atoms with Gasteiger partial charge in [-0.05, 0) is 37.3 Å². The van der Waals surface area contributed by atoms with Crippen LogP contribution in [0, 0.1) is 0 Å². The first-order valence-corrected chi connectivity index (χ1v) is 11.7. The summed E-state index contributed by atoms with van der Waals surface area (Å²) in [6, 6.07) is 10.7. The number of hydrogen-bond acceptors (Lipinski definition) is 6. The minimum Gasteiger partial charge on any atom is -0.492 e. The van der Waals surface area contributed by atoms with Crippen LogP contribution in [0.3, 0.4) is 0 Å². The summed E-state index contributed by atoms with van der Waals surface area (Å²) in [4.78, 5) is 22.3. The van der Waals surface area contributed by atoms with Crippen molar-refractivity contribution in [1.29, 1.82) is 0 Å². The number of amides is 1. The van der Waals surface area contributed by atoms with E-state index in [1.165, 1.54) is 11.3 Å². The van der Waals surface area contributed by atoms with Gasteiger partial charge in [-0.15, -0.1) is 0 Å². The molecule has 0 N–H and O–H groups in total. The second-order valence-corrected chi connectivity index (χ2v) is 8.98. The molecule has 1 aromatic heterocycles. The van der Waals surface area contributed by atoms with Crippen LogP contribution in [0.2, 0.25) is 10.0 Å². The molecule has 2 heterocycles. The molecule has 0 saturated carbocycles. The maximum atomic E-state index is 13.5. The van der Waals surface area contributed by atoms with Gasteiger partial charge >= 0.3 is 0 Å². The molecule has 6 nitrogen and oxygen atoms in total. The molecule has 31 heavy (non-hydrogen) atoms. The van der Waals surface area contributed by atoms with E-state index in [9.17, 15) is 4.79 Å². The van der Waals surface area contributed by atoms with Gasteiger partial charge in [-0.2, -0.15) is 0 Å². The van der Waals surface area contributed by atoms with Gasteiger partial charge in [0.05, 0.1) is 24.5 Å². The van der Waals surface area contributed by atoms with Crippen molar-refractivity contribution in [1.82, 2.24) is 9.88 Å². The first-order chi connectivity index (χ1) is 15.0. The Hall–Kier alpha value is -1.90. The molecule has 0 spiro atoms. The van der Waals surface area contributed by atoms with Gasteiger partial charge < -0.3 is 9.47 Å². The van der Waals surface area contributed by atoms with Gasteiger partial charge in [0.25, 0.3) is 5.91 Å². The predicted octanol–water partition coefficient (Wildman–Crippen LogP) is 4.98. The van der Waals surface area contributed by atoms with E-state index in [2.05, 4.69) is 4.90 Å². The molecular weight excluding hydrogens is 457 g/mol. The number of nitrogens with zero attached hydrogens (tertiary/aromatic N) is 3. The Morgan fingerprint density at radius 1 is 1.23 bits per heavy atom. The molecule has 1 amide bonds. The summed E-state index contributed by atoms with van der Waals surface area (Å²) >= 11 is 13.8. The maximum absolute atomic E-state index is 13.5. The topological polar surface area (TPSA) is 54.9 Å². The number of fused-ring (bicyclic) bond motifs is 1. The van der Waals surface area contributed by atoms with Crippen molar-refractivity contribution in [3.63, 3.8) is 0 Å². The monoisotopic (exact) mass is 479 g/mol. The molecule has 0 unspecified atom stereocenters. The Balaban J connectivity index is 1.68. The number of ether oxygens (including phenoxy) is 2. The van der Waals surface area contributed by atoms with E-state index in [1.807, 2.05) is 25.1 Å². The highest BCUT2D eigenvalue weighted by atomic mass is 35.5. The van der Waals surface area contributed by atoms with Gasteiger partial charge in [0.15, 0.2) is 5.13 Å². The number of carbonyl (C=O) groups is 1. The Morgan fingerprint density at radius 3 is 2.68 bits per heavy atom. The summed E-state index contributed by atoms with van der Waals surface area (Å²) in [7, 11) is 0. The van der Waals surface area contributed by atoms with Crippen LogP contribution in [-0.2, 0) is 4.74 Å². The van der Waals surface area contributed by atoms with Crippen molar-refractivity contribution in [3.05, 3.63) is 52.0 Å². The number of para-hydroxylation sites is 1. The zero-order valence-electron chi connectivity index (χ0n) is 17.1. The summed E-state index contributed by atoms with van der Waals surface area (Å²) < 4.78 is 12.1. The van der Waals surface area contributed by atoms with Crippen molar-refractivity contribution in [2.75, 3.05) is 50.9 Å². The Bertz CT molecular complexity index is 1050. The number of thiazole rings is 1. The quantitative estimate of drug-likeness (QED) is 0.478. The Morgan fingerprint density at radius 2 is 1.97 bits per heavy atom. The van der Waals surface area contributed by atoms with Crippen LogP contribution in [0.5, 0.6) is 5.75 Å². The van der Waals surface area contributed by atoms with Crippen LogP contribution in [0.4, 0.5) is 5.13 Å². The van der Waals surface area contributed by atoms with E-state index in [0.29, 0.717) is 52.9 Å². The van der Waals surface area contributed by atoms with Crippen LogP contribution in [-0.4, -0.2) is 61.8 Å². The predicted molar refractivity (Wildman–Crippen MR) is 126 cm³/mol. The number of anilines is 1. The van der Waals surface area contributed by atoms with E-state index >= 15 is 0 Å². The lowest BCUT2D eigenvalue weighted by atomic mass is 10.2. The van der Waals surface area contributed by atoms with E-state index in [-0.39, 0.29) is 5.91 Å². The smallest absolute Gasteiger partial charge is 0.260 e. The molecule has 1 aliphatic heterocycles. The molecule has 4 rings (SSSR count). The number of rotatable bonds is 7. The maximum Gasteiger partial charge on any atom is 0.260 e. The van der Waals surface area contributed by atoms with Crippen molar-refractivity contribution in [3.8, 4) is 5.75 Å². The van der Waals surface area contributed by atoms with Gasteiger partial charge in [0, 0.05) is 41.8 Å². The average Bonchev–Trinajstić information content (AvgIpc) is 3.19. The van der Waals surface area contributed by atoms with Crippen LogP contribution >= 0.6 is 34.5 Å². The normalized spacial score (nSPS) is 14.7. The van der Waals surface area contributed by atoms with Gasteiger partial charge in [-0.3, -0.25) is 14.6 Å². The van der Waals surface area contributed by atoms with Crippen molar-refractivity contribution >= 4 is 55.8 Å². The summed E-state index contributed by atoms with van der Waals surface area (Å²) in [6.07, 6.45) is 0. The lowest BCUT2D eigenvalue weighted by Crippen LogP contribution is -2.43. The molecule has 1 fully saturated rings. The highest BCUT2D eigenvalue weighted by Gasteiger charge is 2.24. The van der Waals surface area contributed by atoms with E-state index < -0.39 is 0 Å². The van der Waals surface area contributed by atoms with E-state index in [1.54, 1.807) is 23.1 Å². The number of aromatic nitrogens is 1. The lowest BCUT2D eigenvalue weighted by molar-refractivity contribution is 0.0391. The number of hydrogen-bond donors (Lipinski definition) is 0. The third-order valence-electron chi connectivity index (χ3n) is 5.00. The van der Waals surface area contributed by atoms with Gasteiger partial charge in [0.2, 0.25) is 0 Å². The molecule has 0 radical (unpaired) electrons. The highest BCUT2D eigenvalue weighted by molar-refractivity contribution is 7.22. The number of carbonyl (C=O) groups excluding carboxylic acids is 1. The molecule has 3 aromatic rings. The average molecular weight is 480 g/mol. The summed E-state index contributed by atoms with van der Waals surface area (Å²) in [5.41, 5.74) is 1.20. The van der Waals surface area contributed by atoms with Crippen molar-refractivity contribution < 1.29 is 14.3 Å². The zero-order chi connectivity index (χ0) is 21.8. The van der Waals surface area contributed by atoms with Gasteiger partial charge in [0.1, 0.15) is 11.3 Å². The molecule has 1 saturated heterocycles. The van der Waals surface area contributed by atoms with Gasteiger partial charge in [-0.25, -0.2) is 4.98 Å². The molecule has 0 atom stereocenters. The first-order valence-electron chi connectivity index (χ1n) is 10.2. The number of halogens is 2. The van der Waals surface area contributed by atoms with Crippen LogP contribution in [0.25, 0.3) is 10.2 Å². The summed E-state index contributed by atoms with van der Waals surface area (Å²) in [5.74, 6) is 0.531. The van der Waals surface area contributed by atoms with Crippen LogP contribution < -0.4 is 9.64 Å². The molecule has 1 aliphatic rings. The van der Waals surface area contributed by atoms with E-state index in [4.69, 9.17) is 37.7 Å². The fraction of sp³-hybridized carbons (Fsp3) is 0.364. The summed E-state index contributed by atoms with van der Waals surface area (Å²) in [6.45, 7) is 6.80. The molecular formula is C22H23Cl2N3O3S. The third-order valence-corrected chi connectivity index (χ3v) is 6.48. The molecule has 9 heteroatoms. The largest absolute Gasteiger partial charge is 0.492 e. The first kappa shape index (κ1) is 22.3. The Labute approximate surface area is 195 Å². The standard InChI is InChI=1S/C22H23Cl2N3O3S/c1-2-30-18-4-3-5-19-20(18)25-22(31-19)27(7-6-26-8-10-29-11-9-26)21(28)15-12-16(23)14-17(24)13-15/h3-5,12-14H,2,6-11H2,1H3. The fourth-order valence-corrected chi connectivity index (χ4v) is 5.02. The minimum absolute atomic E-state index is 0.185. The fourth-order valence-electron chi connectivity index (χ4n) is 3.48. The lowest BCUT2D eigenvalue weighted by Gasteiger charge is -2.29. The van der Waals surface area contributed by atoms with Crippen molar-refractivity contribution in [2.24, 2.45) is 0 Å². The Kier molecular flexibility index (Phi) is 7.30. The molecule has 0 aliphatic carbocycles. The van der Waals surface area contributed by atoms with E-state index in [0.717, 1.165) is 29.9 Å². The third kappa shape index (κ3) is 5.30. The van der Waals surface area contributed by atoms with Crippen LogP contribution in [0.15, 0.2) is 36.4 Å². The second kappa shape index (κ2) is 10.1. The highest BCUT2D eigenvalue weighted by Crippen LogP contribution is 2.35. The van der Waals surface area contributed by atoms with Crippen molar-refractivity contribution in [2.45, 2.75) is 6.92 Å². The minimum atomic E-state index is -0.185. The SMILES string of the molecule is CCOc1cccc2sc(N(CCN3CCOCC3)C(=O)c3cc(Cl)cc(Cl)c3)nc12. The number of morpholine rings is 1.